The second-order valence-corrected chi connectivity index (χ2v) is 5.72. The van der Waals surface area contributed by atoms with Gasteiger partial charge in [0.25, 0.3) is 0 Å². The minimum absolute atomic E-state index is 0.151. The molecule has 0 heterocycles. The molecule has 2 nitrogen and oxygen atoms in total. The van der Waals surface area contributed by atoms with Gasteiger partial charge in [-0.1, -0.05) is 47.5 Å². The molecule has 0 saturated carbocycles. The Hall–Kier alpha value is -1.64. The molecule has 1 unspecified atom stereocenters. The zero-order valence-electron chi connectivity index (χ0n) is 12.8. The standard InChI is InChI=1S/C18H24N2/c1-12-5-7-16(8-6-12)11-17(20-19)18-14(3)9-13(2)10-15(18)4/h5-10,17,20H,11,19H2,1-4H3. The van der Waals surface area contributed by atoms with Gasteiger partial charge in [-0.15, -0.1) is 0 Å². The number of rotatable bonds is 4. The van der Waals surface area contributed by atoms with E-state index >= 15 is 0 Å². The smallest absolute Gasteiger partial charge is 0.0505 e. The van der Waals surface area contributed by atoms with Crippen molar-refractivity contribution < 1.29 is 0 Å². The van der Waals surface area contributed by atoms with E-state index in [1.807, 2.05) is 0 Å². The van der Waals surface area contributed by atoms with Crippen LogP contribution >= 0.6 is 0 Å². The van der Waals surface area contributed by atoms with Crippen molar-refractivity contribution >= 4 is 0 Å². The average Bonchev–Trinajstić information content (AvgIpc) is 2.38. The number of aryl methyl sites for hydroxylation is 4. The highest BCUT2D eigenvalue weighted by molar-refractivity contribution is 5.40. The second kappa shape index (κ2) is 6.21. The van der Waals surface area contributed by atoms with Crippen LogP contribution in [-0.2, 0) is 6.42 Å². The Morgan fingerprint density at radius 3 is 1.95 bits per heavy atom. The maximum Gasteiger partial charge on any atom is 0.0505 e. The molecule has 1 atom stereocenters. The fourth-order valence-electron chi connectivity index (χ4n) is 2.95. The minimum atomic E-state index is 0.151. The van der Waals surface area contributed by atoms with E-state index in [1.54, 1.807) is 0 Å². The molecule has 2 rings (SSSR count). The van der Waals surface area contributed by atoms with E-state index in [2.05, 4.69) is 69.5 Å². The maximum atomic E-state index is 5.81. The third-order valence-electron chi connectivity index (χ3n) is 3.85. The lowest BCUT2D eigenvalue weighted by Crippen LogP contribution is -2.30. The molecule has 0 aliphatic carbocycles. The molecule has 0 bridgehead atoms. The zero-order valence-corrected chi connectivity index (χ0v) is 12.8. The van der Waals surface area contributed by atoms with Gasteiger partial charge in [0, 0.05) is 0 Å². The normalized spacial score (nSPS) is 12.4. The van der Waals surface area contributed by atoms with E-state index in [1.165, 1.54) is 33.4 Å². The molecule has 2 heteroatoms. The van der Waals surface area contributed by atoms with Crippen molar-refractivity contribution in [3.05, 3.63) is 69.8 Å². The fraction of sp³-hybridized carbons (Fsp3) is 0.333. The van der Waals surface area contributed by atoms with Crippen molar-refractivity contribution in [1.29, 1.82) is 0 Å². The number of benzene rings is 2. The summed E-state index contributed by atoms with van der Waals surface area (Å²) in [5, 5.41) is 0. The Balaban J connectivity index is 2.31. The summed E-state index contributed by atoms with van der Waals surface area (Å²) < 4.78 is 0. The molecule has 0 radical (unpaired) electrons. The number of nitrogens with one attached hydrogen (secondary N) is 1. The van der Waals surface area contributed by atoms with Crippen LogP contribution in [0.25, 0.3) is 0 Å². The van der Waals surface area contributed by atoms with Crippen molar-refractivity contribution in [1.82, 2.24) is 5.43 Å². The highest BCUT2D eigenvalue weighted by Gasteiger charge is 2.15. The molecule has 20 heavy (non-hydrogen) atoms. The van der Waals surface area contributed by atoms with E-state index in [-0.39, 0.29) is 6.04 Å². The van der Waals surface area contributed by atoms with Crippen molar-refractivity contribution in [3.63, 3.8) is 0 Å². The van der Waals surface area contributed by atoms with E-state index in [9.17, 15) is 0 Å². The lowest BCUT2D eigenvalue weighted by molar-refractivity contribution is 0.546. The van der Waals surface area contributed by atoms with Gasteiger partial charge < -0.3 is 0 Å². The van der Waals surface area contributed by atoms with E-state index in [0.29, 0.717) is 0 Å². The monoisotopic (exact) mass is 268 g/mol. The van der Waals surface area contributed by atoms with Gasteiger partial charge in [0.2, 0.25) is 0 Å². The first-order valence-corrected chi connectivity index (χ1v) is 7.10. The largest absolute Gasteiger partial charge is 0.271 e. The Morgan fingerprint density at radius 1 is 0.900 bits per heavy atom. The maximum absolute atomic E-state index is 5.81. The molecular weight excluding hydrogens is 244 g/mol. The van der Waals surface area contributed by atoms with E-state index in [4.69, 9.17) is 5.84 Å². The molecule has 0 aliphatic rings. The molecule has 0 saturated heterocycles. The first kappa shape index (κ1) is 14.8. The van der Waals surface area contributed by atoms with Gasteiger partial charge in [-0.2, -0.15) is 0 Å². The van der Waals surface area contributed by atoms with Crippen molar-refractivity contribution in [3.8, 4) is 0 Å². The fourth-order valence-corrected chi connectivity index (χ4v) is 2.95. The van der Waals surface area contributed by atoms with Crippen LogP contribution in [0.2, 0.25) is 0 Å². The van der Waals surface area contributed by atoms with Gasteiger partial charge in [-0.25, -0.2) is 0 Å². The van der Waals surface area contributed by atoms with Gasteiger partial charge in [0.1, 0.15) is 0 Å². The molecular formula is C18H24N2. The molecule has 0 spiro atoms. The Kier molecular flexibility index (Phi) is 4.58. The van der Waals surface area contributed by atoms with Crippen LogP contribution in [0.3, 0.4) is 0 Å². The summed E-state index contributed by atoms with van der Waals surface area (Å²) in [6.07, 6.45) is 0.904. The molecule has 0 fully saturated rings. The number of hydrogen-bond donors (Lipinski definition) is 2. The van der Waals surface area contributed by atoms with Crippen LogP contribution in [0.1, 0.15) is 39.4 Å². The van der Waals surface area contributed by atoms with Crippen molar-refractivity contribution in [2.75, 3.05) is 0 Å². The van der Waals surface area contributed by atoms with Crippen LogP contribution < -0.4 is 11.3 Å². The summed E-state index contributed by atoms with van der Waals surface area (Å²) in [5.74, 6) is 5.81. The van der Waals surface area contributed by atoms with Gasteiger partial charge in [0.05, 0.1) is 6.04 Å². The number of hydrazine groups is 1. The molecule has 2 aromatic rings. The second-order valence-electron chi connectivity index (χ2n) is 5.72. The van der Waals surface area contributed by atoms with Gasteiger partial charge in [0.15, 0.2) is 0 Å². The summed E-state index contributed by atoms with van der Waals surface area (Å²) in [5.41, 5.74) is 10.8. The molecule has 3 N–H and O–H groups in total. The van der Waals surface area contributed by atoms with Crippen LogP contribution in [0.5, 0.6) is 0 Å². The highest BCUT2D eigenvalue weighted by Crippen LogP contribution is 2.26. The zero-order chi connectivity index (χ0) is 14.7. The molecule has 2 aromatic carbocycles. The summed E-state index contributed by atoms with van der Waals surface area (Å²) >= 11 is 0. The predicted octanol–water partition coefficient (Wildman–Crippen LogP) is 3.67. The quantitative estimate of drug-likeness (QED) is 0.656. The topological polar surface area (TPSA) is 38.0 Å². The summed E-state index contributed by atoms with van der Waals surface area (Å²) in [6.45, 7) is 8.56. The Bertz CT molecular complexity index is 562. The summed E-state index contributed by atoms with van der Waals surface area (Å²) in [7, 11) is 0. The average molecular weight is 268 g/mol. The SMILES string of the molecule is Cc1ccc(CC(NN)c2c(C)cc(C)cc2C)cc1. The van der Waals surface area contributed by atoms with Crippen molar-refractivity contribution in [2.45, 2.75) is 40.2 Å². The van der Waals surface area contributed by atoms with Crippen LogP contribution in [0.4, 0.5) is 0 Å². The summed E-state index contributed by atoms with van der Waals surface area (Å²) in [4.78, 5) is 0. The summed E-state index contributed by atoms with van der Waals surface area (Å²) in [6, 6.07) is 13.3. The van der Waals surface area contributed by atoms with E-state index < -0.39 is 0 Å². The highest BCUT2D eigenvalue weighted by atomic mass is 15.2. The van der Waals surface area contributed by atoms with Crippen molar-refractivity contribution in [2.24, 2.45) is 5.84 Å². The first-order chi connectivity index (χ1) is 9.51. The third-order valence-corrected chi connectivity index (χ3v) is 3.85. The molecule has 0 aromatic heterocycles. The molecule has 106 valence electrons. The van der Waals surface area contributed by atoms with Crippen LogP contribution in [0, 0.1) is 27.7 Å². The Morgan fingerprint density at radius 2 is 1.45 bits per heavy atom. The van der Waals surface area contributed by atoms with Crippen LogP contribution in [0.15, 0.2) is 36.4 Å². The van der Waals surface area contributed by atoms with E-state index in [0.717, 1.165) is 6.42 Å². The third kappa shape index (κ3) is 3.27. The van der Waals surface area contributed by atoms with Gasteiger partial charge >= 0.3 is 0 Å². The Labute approximate surface area is 122 Å². The minimum Gasteiger partial charge on any atom is -0.271 e. The number of nitrogens with two attached hydrogens (primary N) is 1. The lowest BCUT2D eigenvalue weighted by Gasteiger charge is -2.22. The van der Waals surface area contributed by atoms with Gasteiger partial charge in [-0.3, -0.25) is 11.3 Å². The predicted molar refractivity (Wildman–Crippen MR) is 85.6 cm³/mol. The molecule has 0 amide bonds. The van der Waals surface area contributed by atoms with Crippen LogP contribution in [-0.4, -0.2) is 0 Å². The first-order valence-electron chi connectivity index (χ1n) is 7.10. The molecule has 0 aliphatic heterocycles. The van der Waals surface area contributed by atoms with Gasteiger partial charge in [-0.05, 0) is 56.4 Å². The lowest BCUT2D eigenvalue weighted by atomic mass is 9.90. The number of hydrogen-bond acceptors (Lipinski definition) is 2.